The zero-order valence-electron chi connectivity index (χ0n) is 10.8. The fourth-order valence-corrected chi connectivity index (χ4v) is 2.16. The van der Waals surface area contributed by atoms with Crippen LogP contribution in [0, 0.1) is 0 Å². The van der Waals surface area contributed by atoms with Gasteiger partial charge in [-0.15, -0.1) is 5.10 Å². The summed E-state index contributed by atoms with van der Waals surface area (Å²) >= 11 is 0. The summed E-state index contributed by atoms with van der Waals surface area (Å²) in [6.45, 7) is 5.83. The van der Waals surface area contributed by atoms with E-state index in [9.17, 15) is 4.79 Å². The molecule has 0 saturated carbocycles. The van der Waals surface area contributed by atoms with Crippen molar-refractivity contribution in [3.05, 3.63) is 11.9 Å². The molecule has 1 aromatic rings. The number of carboxylic acid groups (broad SMARTS) is 1. The van der Waals surface area contributed by atoms with Crippen LogP contribution in [0.15, 0.2) is 6.20 Å². The molecule has 7 nitrogen and oxygen atoms in total. The summed E-state index contributed by atoms with van der Waals surface area (Å²) in [5.74, 6) is -0.752. The zero-order chi connectivity index (χ0) is 13.1. The number of piperazine rings is 1. The van der Waals surface area contributed by atoms with E-state index in [4.69, 9.17) is 5.11 Å². The Balaban J connectivity index is 1.81. The second kappa shape index (κ2) is 5.45. The minimum atomic E-state index is -0.752. The lowest BCUT2D eigenvalue weighted by Crippen LogP contribution is -2.51. The molecule has 0 amide bonds. The van der Waals surface area contributed by atoms with Gasteiger partial charge in [-0.2, -0.15) is 0 Å². The van der Waals surface area contributed by atoms with E-state index in [1.165, 1.54) is 0 Å². The maximum absolute atomic E-state index is 10.9. The summed E-state index contributed by atoms with van der Waals surface area (Å²) in [6.07, 6.45) is 1.91. The van der Waals surface area contributed by atoms with Crippen LogP contribution in [0.5, 0.6) is 0 Å². The SMILES string of the molecule is CC(C(=O)O)N1CCN(Cc2cn(C)nn2)CC1. The Morgan fingerprint density at radius 2 is 2.11 bits per heavy atom. The van der Waals surface area contributed by atoms with Gasteiger partial charge in [0, 0.05) is 46.0 Å². The van der Waals surface area contributed by atoms with Crippen LogP contribution in [0.25, 0.3) is 0 Å². The van der Waals surface area contributed by atoms with Gasteiger partial charge >= 0.3 is 5.97 Å². The van der Waals surface area contributed by atoms with Crippen molar-refractivity contribution >= 4 is 5.97 Å². The molecule has 1 aromatic heterocycles. The Morgan fingerprint density at radius 3 is 2.61 bits per heavy atom. The molecule has 1 aliphatic rings. The molecule has 18 heavy (non-hydrogen) atoms. The largest absolute Gasteiger partial charge is 0.480 e. The van der Waals surface area contributed by atoms with Gasteiger partial charge in [-0.05, 0) is 6.92 Å². The molecule has 0 aliphatic carbocycles. The summed E-state index contributed by atoms with van der Waals surface area (Å²) in [5.41, 5.74) is 0.956. The van der Waals surface area contributed by atoms with Crippen molar-refractivity contribution < 1.29 is 9.90 Å². The van der Waals surface area contributed by atoms with Crippen LogP contribution in [-0.2, 0) is 18.4 Å². The van der Waals surface area contributed by atoms with Crippen LogP contribution in [0.3, 0.4) is 0 Å². The summed E-state index contributed by atoms with van der Waals surface area (Å²) < 4.78 is 1.69. The average Bonchev–Trinajstić information content (AvgIpc) is 2.75. The molecule has 2 heterocycles. The number of hydrogen-bond acceptors (Lipinski definition) is 5. The quantitative estimate of drug-likeness (QED) is 0.773. The Morgan fingerprint density at radius 1 is 1.44 bits per heavy atom. The highest BCUT2D eigenvalue weighted by atomic mass is 16.4. The molecule has 1 N–H and O–H groups in total. The lowest BCUT2D eigenvalue weighted by atomic mass is 10.2. The molecular formula is C11H19N5O2. The number of nitrogens with zero attached hydrogens (tertiary/aromatic N) is 5. The molecule has 0 spiro atoms. The lowest BCUT2D eigenvalue weighted by molar-refractivity contribution is -0.143. The van der Waals surface area contributed by atoms with E-state index in [-0.39, 0.29) is 0 Å². The number of hydrogen-bond donors (Lipinski definition) is 1. The topological polar surface area (TPSA) is 74.5 Å². The van der Waals surface area contributed by atoms with Gasteiger partial charge in [-0.3, -0.25) is 19.3 Å². The molecule has 1 saturated heterocycles. The predicted octanol–water partition coefficient (Wildman–Crippen LogP) is -0.594. The number of carboxylic acids is 1. The van der Waals surface area contributed by atoms with E-state index in [0.29, 0.717) is 0 Å². The van der Waals surface area contributed by atoms with Crippen molar-refractivity contribution in [2.24, 2.45) is 7.05 Å². The van der Waals surface area contributed by atoms with Crippen LogP contribution in [0.4, 0.5) is 0 Å². The van der Waals surface area contributed by atoms with Crippen LogP contribution in [0.2, 0.25) is 0 Å². The molecule has 1 atom stereocenters. The Bertz CT molecular complexity index is 411. The van der Waals surface area contributed by atoms with Crippen molar-refractivity contribution in [1.82, 2.24) is 24.8 Å². The van der Waals surface area contributed by atoms with E-state index in [1.807, 2.05) is 18.1 Å². The second-order valence-electron chi connectivity index (χ2n) is 4.71. The summed E-state index contributed by atoms with van der Waals surface area (Å²) in [6, 6.07) is -0.399. The van der Waals surface area contributed by atoms with Crippen molar-refractivity contribution in [1.29, 1.82) is 0 Å². The number of rotatable bonds is 4. The number of aryl methyl sites for hydroxylation is 1. The fraction of sp³-hybridized carbons (Fsp3) is 0.727. The highest BCUT2D eigenvalue weighted by Gasteiger charge is 2.25. The summed E-state index contributed by atoms with van der Waals surface area (Å²) in [4.78, 5) is 15.2. The van der Waals surface area contributed by atoms with Crippen LogP contribution in [0.1, 0.15) is 12.6 Å². The van der Waals surface area contributed by atoms with Crippen LogP contribution < -0.4 is 0 Å². The normalized spacial score (nSPS) is 19.9. The smallest absolute Gasteiger partial charge is 0.320 e. The first-order chi connectivity index (χ1) is 8.56. The number of aromatic nitrogens is 3. The first kappa shape index (κ1) is 13.0. The predicted molar refractivity (Wildman–Crippen MR) is 65.0 cm³/mol. The third-order valence-electron chi connectivity index (χ3n) is 3.35. The van der Waals surface area contributed by atoms with E-state index >= 15 is 0 Å². The van der Waals surface area contributed by atoms with Gasteiger partial charge in [0.15, 0.2) is 0 Å². The molecular weight excluding hydrogens is 234 g/mol. The number of carbonyl (C=O) groups is 1. The average molecular weight is 253 g/mol. The summed E-state index contributed by atoms with van der Waals surface area (Å²) in [5, 5.41) is 16.9. The highest BCUT2D eigenvalue weighted by molar-refractivity contribution is 5.72. The lowest BCUT2D eigenvalue weighted by Gasteiger charge is -2.36. The van der Waals surface area contributed by atoms with E-state index < -0.39 is 12.0 Å². The number of aliphatic carboxylic acids is 1. The molecule has 1 unspecified atom stereocenters. The van der Waals surface area contributed by atoms with Crippen molar-refractivity contribution in [2.75, 3.05) is 26.2 Å². The standard InChI is InChI=1S/C11H19N5O2/c1-9(11(17)18)16-5-3-15(4-6-16)8-10-7-14(2)13-12-10/h7,9H,3-6,8H2,1-2H3,(H,17,18). The Labute approximate surface area is 106 Å². The van der Waals surface area contributed by atoms with Gasteiger partial charge in [0.25, 0.3) is 0 Å². The molecule has 0 aromatic carbocycles. The van der Waals surface area contributed by atoms with E-state index in [1.54, 1.807) is 11.6 Å². The van der Waals surface area contributed by atoms with Gasteiger partial charge in [-0.1, -0.05) is 5.21 Å². The first-order valence-corrected chi connectivity index (χ1v) is 6.10. The van der Waals surface area contributed by atoms with E-state index in [0.717, 1.165) is 38.4 Å². The summed E-state index contributed by atoms with van der Waals surface area (Å²) in [7, 11) is 1.85. The van der Waals surface area contributed by atoms with Gasteiger partial charge in [0.1, 0.15) is 6.04 Å². The third-order valence-corrected chi connectivity index (χ3v) is 3.35. The molecule has 1 aliphatic heterocycles. The van der Waals surface area contributed by atoms with Crippen molar-refractivity contribution in [3.63, 3.8) is 0 Å². The minimum absolute atomic E-state index is 0.399. The van der Waals surface area contributed by atoms with E-state index in [2.05, 4.69) is 15.2 Å². The third kappa shape index (κ3) is 3.05. The van der Waals surface area contributed by atoms with Gasteiger partial charge in [0.2, 0.25) is 0 Å². The van der Waals surface area contributed by atoms with Crippen LogP contribution >= 0.6 is 0 Å². The molecule has 0 bridgehead atoms. The monoisotopic (exact) mass is 253 g/mol. The molecule has 0 radical (unpaired) electrons. The maximum Gasteiger partial charge on any atom is 0.320 e. The first-order valence-electron chi connectivity index (χ1n) is 6.10. The van der Waals surface area contributed by atoms with Gasteiger partial charge < -0.3 is 5.11 Å². The fourth-order valence-electron chi connectivity index (χ4n) is 2.16. The minimum Gasteiger partial charge on any atom is -0.480 e. The van der Waals surface area contributed by atoms with Gasteiger partial charge in [0.05, 0.1) is 5.69 Å². The Kier molecular flexibility index (Phi) is 3.93. The Hall–Kier alpha value is -1.47. The van der Waals surface area contributed by atoms with Crippen molar-refractivity contribution in [2.45, 2.75) is 19.5 Å². The second-order valence-corrected chi connectivity index (χ2v) is 4.71. The van der Waals surface area contributed by atoms with Crippen molar-refractivity contribution in [3.8, 4) is 0 Å². The molecule has 1 fully saturated rings. The molecule has 7 heteroatoms. The van der Waals surface area contributed by atoms with Crippen LogP contribution in [-0.4, -0.2) is 68.1 Å². The highest BCUT2D eigenvalue weighted by Crippen LogP contribution is 2.09. The molecule has 100 valence electrons. The maximum atomic E-state index is 10.9. The molecule has 2 rings (SSSR count). The van der Waals surface area contributed by atoms with Gasteiger partial charge in [-0.25, -0.2) is 0 Å². The zero-order valence-corrected chi connectivity index (χ0v) is 10.8.